The van der Waals surface area contributed by atoms with Crippen molar-refractivity contribution in [3.05, 3.63) is 71.2 Å². The van der Waals surface area contributed by atoms with Crippen LogP contribution in [0.4, 0.5) is 30.6 Å². The molecule has 3 aromatic rings. The van der Waals surface area contributed by atoms with E-state index in [1.807, 2.05) is 0 Å². The summed E-state index contributed by atoms with van der Waals surface area (Å²) in [5, 5.41) is 23.5. The number of hydrogen-bond donors (Lipinski definition) is 4. The number of aldehydes is 1. The van der Waals surface area contributed by atoms with Crippen molar-refractivity contribution >= 4 is 29.5 Å². The molecule has 0 aliphatic carbocycles. The minimum absolute atomic E-state index is 0.0432. The van der Waals surface area contributed by atoms with Crippen LogP contribution in [0.2, 0.25) is 0 Å². The van der Waals surface area contributed by atoms with Gasteiger partial charge in [-0.1, -0.05) is 24.3 Å². The van der Waals surface area contributed by atoms with Gasteiger partial charge in [0.25, 0.3) is 0 Å². The predicted octanol–water partition coefficient (Wildman–Crippen LogP) is 3.79. The number of nitriles is 1. The van der Waals surface area contributed by atoms with Crippen molar-refractivity contribution in [1.29, 1.82) is 10.7 Å². The molecule has 38 heavy (non-hydrogen) atoms. The average molecular weight is 526 g/mol. The summed E-state index contributed by atoms with van der Waals surface area (Å²) in [6.07, 6.45) is 2.92. The van der Waals surface area contributed by atoms with E-state index in [0.29, 0.717) is 29.1 Å². The predicted molar refractivity (Wildman–Crippen MR) is 137 cm³/mol. The maximum atomic E-state index is 12.0. The van der Waals surface area contributed by atoms with E-state index in [2.05, 4.69) is 31.8 Å². The third-order valence-corrected chi connectivity index (χ3v) is 5.71. The van der Waals surface area contributed by atoms with E-state index in [4.69, 9.17) is 16.4 Å². The van der Waals surface area contributed by atoms with Crippen LogP contribution in [-0.2, 0) is 6.18 Å². The number of rotatable bonds is 6. The van der Waals surface area contributed by atoms with E-state index >= 15 is 0 Å². The van der Waals surface area contributed by atoms with Crippen LogP contribution in [0.3, 0.4) is 0 Å². The molecule has 1 fully saturated rings. The zero-order chi connectivity index (χ0) is 27.7. The Balaban J connectivity index is 0.000000279. The van der Waals surface area contributed by atoms with Gasteiger partial charge in [-0.05, 0) is 25.0 Å². The molecule has 10 nitrogen and oxygen atoms in total. The number of anilines is 3. The number of hydrogen-bond acceptors (Lipinski definition) is 10. The SMILES string of the molecule is CNc1cc(C(F)(F)F)ccn1.N#CN1CCCC(Nc2ncnc(N)c2C(=N)c2ccc(C=O)cc2)C1. The van der Waals surface area contributed by atoms with Gasteiger partial charge in [0.1, 0.15) is 30.1 Å². The maximum Gasteiger partial charge on any atom is 0.416 e. The number of nitrogens with zero attached hydrogens (tertiary/aromatic N) is 5. The summed E-state index contributed by atoms with van der Waals surface area (Å²) in [6, 6.07) is 8.62. The summed E-state index contributed by atoms with van der Waals surface area (Å²) < 4.78 is 36.1. The van der Waals surface area contributed by atoms with Gasteiger partial charge in [-0.3, -0.25) is 10.2 Å². The van der Waals surface area contributed by atoms with Gasteiger partial charge >= 0.3 is 6.18 Å². The van der Waals surface area contributed by atoms with Crippen molar-refractivity contribution in [2.24, 2.45) is 0 Å². The molecule has 1 atom stereocenters. The van der Waals surface area contributed by atoms with Gasteiger partial charge in [0.15, 0.2) is 6.19 Å². The normalized spacial score (nSPS) is 14.9. The van der Waals surface area contributed by atoms with E-state index in [0.717, 1.165) is 44.0 Å². The summed E-state index contributed by atoms with van der Waals surface area (Å²) in [7, 11) is 1.52. The van der Waals surface area contributed by atoms with Crippen LogP contribution in [0.1, 0.15) is 39.9 Å². The molecule has 198 valence electrons. The molecule has 0 saturated carbocycles. The van der Waals surface area contributed by atoms with Crippen molar-refractivity contribution < 1.29 is 18.0 Å². The first kappa shape index (κ1) is 27.9. The zero-order valence-corrected chi connectivity index (χ0v) is 20.5. The Kier molecular flexibility index (Phi) is 9.15. The second kappa shape index (κ2) is 12.5. The second-order valence-electron chi connectivity index (χ2n) is 8.30. The van der Waals surface area contributed by atoms with Gasteiger partial charge in [-0.2, -0.15) is 18.4 Å². The Morgan fingerprint density at radius 3 is 2.61 bits per heavy atom. The number of aromatic nitrogens is 3. The molecule has 2 aromatic heterocycles. The highest BCUT2D eigenvalue weighted by molar-refractivity contribution is 6.16. The Bertz CT molecular complexity index is 1310. The minimum atomic E-state index is -4.30. The molecule has 4 rings (SSSR count). The Morgan fingerprint density at radius 1 is 1.24 bits per heavy atom. The molecule has 3 heterocycles. The quantitative estimate of drug-likeness (QED) is 0.214. The summed E-state index contributed by atoms with van der Waals surface area (Å²) in [5.41, 5.74) is 7.08. The van der Waals surface area contributed by atoms with Gasteiger partial charge in [0.05, 0.1) is 16.8 Å². The Labute approximate surface area is 217 Å². The highest BCUT2D eigenvalue weighted by Crippen LogP contribution is 2.29. The Hall–Kier alpha value is -4.73. The summed E-state index contributed by atoms with van der Waals surface area (Å²) >= 11 is 0. The van der Waals surface area contributed by atoms with Crippen LogP contribution in [0, 0.1) is 16.9 Å². The zero-order valence-electron chi connectivity index (χ0n) is 20.5. The third-order valence-electron chi connectivity index (χ3n) is 5.71. The molecule has 0 amide bonds. The molecule has 1 aliphatic rings. The first-order valence-corrected chi connectivity index (χ1v) is 11.5. The van der Waals surface area contributed by atoms with Crippen LogP contribution in [0.5, 0.6) is 0 Å². The standard InChI is InChI=1S/C18H19N7O.C7H7F3N2/c19-10-25-7-1-2-14(8-25)24-18-15(17(21)22-11-23-18)16(20)13-5-3-12(9-26)4-6-13;1-11-6-4-5(2-3-12-6)7(8,9)10/h3-6,9,11,14,20H,1-2,7-8H2,(H3,21,22,23,24);2-4H,1H3,(H,11,12). The lowest BCUT2D eigenvalue weighted by Crippen LogP contribution is -2.40. The first-order chi connectivity index (χ1) is 18.2. The van der Waals surface area contributed by atoms with Crippen LogP contribution in [0.25, 0.3) is 0 Å². The molecule has 5 N–H and O–H groups in total. The lowest BCUT2D eigenvalue weighted by atomic mass is 10.0. The number of benzene rings is 1. The van der Waals surface area contributed by atoms with Crippen molar-refractivity contribution in [1.82, 2.24) is 19.9 Å². The summed E-state index contributed by atoms with van der Waals surface area (Å²) in [6.45, 7) is 1.34. The molecule has 1 unspecified atom stereocenters. The number of alkyl halides is 3. The summed E-state index contributed by atoms with van der Waals surface area (Å²) in [4.78, 5) is 24.4. The van der Waals surface area contributed by atoms with Crippen molar-refractivity contribution in [2.45, 2.75) is 25.1 Å². The number of carbonyl (C=O) groups excluding carboxylic acids is 1. The monoisotopic (exact) mass is 525 g/mol. The molecule has 0 bridgehead atoms. The van der Waals surface area contributed by atoms with Gasteiger partial charge in [0, 0.05) is 43.5 Å². The number of nitrogens with two attached hydrogens (primary N) is 1. The number of piperidine rings is 1. The molecule has 1 saturated heterocycles. The number of likely N-dealkylation sites (tertiary alicyclic amines) is 1. The number of halogens is 3. The van der Waals surface area contributed by atoms with Gasteiger partial charge in [-0.25, -0.2) is 15.0 Å². The third kappa shape index (κ3) is 7.16. The minimum Gasteiger partial charge on any atom is -0.383 e. The maximum absolute atomic E-state index is 12.0. The van der Waals surface area contributed by atoms with Crippen LogP contribution in [0.15, 0.2) is 48.9 Å². The molecular weight excluding hydrogens is 499 g/mol. The average Bonchev–Trinajstić information content (AvgIpc) is 2.93. The number of pyridine rings is 1. The van der Waals surface area contributed by atoms with E-state index in [9.17, 15) is 18.0 Å². The molecule has 1 aliphatic heterocycles. The van der Waals surface area contributed by atoms with E-state index in [1.165, 1.54) is 13.4 Å². The van der Waals surface area contributed by atoms with Crippen LogP contribution >= 0.6 is 0 Å². The topological polar surface area (TPSA) is 157 Å². The Morgan fingerprint density at radius 2 is 1.97 bits per heavy atom. The van der Waals surface area contributed by atoms with E-state index in [-0.39, 0.29) is 23.4 Å². The molecule has 0 spiro atoms. The molecule has 13 heteroatoms. The highest BCUT2D eigenvalue weighted by Gasteiger charge is 2.30. The van der Waals surface area contributed by atoms with Crippen molar-refractivity contribution in [2.75, 3.05) is 36.5 Å². The summed E-state index contributed by atoms with van der Waals surface area (Å²) in [5.74, 6) is 0.900. The second-order valence-corrected chi connectivity index (χ2v) is 8.30. The lowest BCUT2D eigenvalue weighted by molar-refractivity contribution is -0.137. The fraction of sp³-hybridized carbons (Fsp3) is 0.280. The largest absolute Gasteiger partial charge is 0.416 e. The van der Waals surface area contributed by atoms with Crippen molar-refractivity contribution in [3.63, 3.8) is 0 Å². The van der Waals surface area contributed by atoms with E-state index < -0.39 is 11.7 Å². The highest BCUT2D eigenvalue weighted by atomic mass is 19.4. The fourth-order valence-electron chi connectivity index (χ4n) is 3.75. The number of carbonyl (C=O) groups is 1. The van der Waals surface area contributed by atoms with Gasteiger partial charge in [0.2, 0.25) is 0 Å². The van der Waals surface area contributed by atoms with E-state index in [1.54, 1.807) is 29.2 Å². The molecular formula is C25H26F3N9O. The fourth-order valence-corrected chi connectivity index (χ4v) is 3.75. The molecule has 1 aromatic carbocycles. The number of nitrogen functional groups attached to an aromatic ring is 1. The number of nitrogens with one attached hydrogen (secondary N) is 3. The van der Waals surface area contributed by atoms with Gasteiger partial charge < -0.3 is 21.3 Å². The van der Waals surface area contributed by atoms with Crippen LogP contribution in [-0.4, -0.2) is 58.0 Å². The van der Waals surface area contributed by atoms with Crippen molar-refractivity contribution in [3.8, 4) is 6.19 Å². The smallest absolute Gasteiger partial charge is 0.383 e. The van der Waals surface area contributed by atoms with Gasteiger partial charge in [-0.15, -0.1) is 0 Å². The molecule has 0 radical (unpaired) electrons. The first-order valence-electron chi connectivity index (χ1n) is 11.5. The van der Waals surface area contributed by atoms with Crippen LogP contribution < -0.4 is 16.4 Å². The lowest BCUT2D eigenvalue weighted by Gasteiger charge is -2.30.